The summed E-state index contributed by atoms with van der Waals surface area (Å²) in [6.07, 6.45) is 1.66. The topological polar surface area (TPSA) is 82.7 Å². The predicted octanol–water partition coefficient (Wildman–Crippen LogP) is 2.87. The zero-order valence-electron chi connectivity index (χ0n) is 15.8. The Kier molecular flexibility index (Phi) is 5.21. The minimum atomic E-state index is -0.373. The van der Waals surface area contributed by atoms with Gasteiger partial charge in [0.2, 0.25) is 0 Å². The molecule has 0 saturated heterocycles. The Bertz CT molecular complexity index is 1050. The number of hydrogen-bond acceptors (Lipinski definition) is 5. The summed E-state index contributed by atoms with van der Waals surface area (Å²) in [6, 6.07) is 7.15. The molecule has 0 aliphatic heterocycles. The van der Waals surface area contributed by atoms with Gasteiger partial charge in [-0.3, -0.25) is 9.59 Å². The average molecular weight is 370 g/mol. The first-order valence-corrected chi connectivity index (χ1v) is 8.62. The van der Waals surface area contributed by atoms with Crippen LogP contribution in [0.2, 0.25) is 0 Å². The van der Waals surface area contributed by atoms with E-state index >= 15 is 0 Å². The van der Waals surface area contributed by atoms with E-state index in [1.165, 1.54) is 0 Å². The number of ether oxygens (including phenoxy) is 2. The van der Waals surface area contributed by atoms with Crippen LogP contribution >= 0.6 is 0 Å². The van der Waals surface area contributed by atoms with Crippen molar-refractivity contribution in [2.75, 3.05) is 14.2 Å². The Morgan fingerprint density at radius 3 is 2.67 bits per heavy atom. The van der Waals surface area contributed by atoms with Crippen molar-refractivity contribution in [1.29, 1.82) is 0 Å². The van der Waals surface area contributed by atoms with Gasteiger partial charge in [-0.15, -0.1) is 0 Å². The molecule has 0 unspecified atom stereocenters. The fourth-order valence-electron chi connectivity index (χ4n) is 3.14. The number of benzene rings is 1. The Hall–Kier alpha value is -3.22. The largest absolute Gasteiger partial charge is 0.493 e. The number of carbonyl (C=O) groups is 1. The van der Waals surface area contributed by atoms with Crippen LogP contribution in [0.5, 0.6) is 11.5 Å². The maximum absolute atomic E-state index is 12.8. The van der Waals surface area contributed by atoms with Crippen LogP contribution in [0, 0.1) is 6.92 Å². The molecular weight excluding hydrogens is 348 g/mol. The van der Waals surface area contributed by atoms with Crippen molar-refractivity contribution in [1.82, 2.24) is 9.88 Å². The third-order valence-electron chi connectivity index (χ3n) is 4.48. The Balaban J connectivity index is 1.94. The van der Waals surface area contributed by atoms with E-state index in [1.54, 1.807) is 44.0 Å². The number of methoxy groups -OCH3 is 2. The van der Waals surface area contributed by atoms with Crippen LogP contribution in [0.25, 0.3) is 11.0 Å². The molecular formula is C20H22N2O5. The molecule has 142 valence electrons. The van der Waals surface area contributed by atoms with Gasteiger partial charge < -0.3 is 23.8 Å². The highest BCUT2D eigenvalue weighted by molar-refractivity contribution is 6.06. The number of fused-ring (bicyclic) bond motifs is 1. The zero-order valence-corrected chi connectivity index (χ0v) is 15.8. The number of rotatable bonds is 6. The van der Waals surface area contributed by atoms with Gasteiger partial charge in [-0.05, 0) is 26.0 Å². The van der Waals surface area contributed by atoms with Gasteiger partial charge in [0.25, 0.3) is 11.5 Å². The number of aryl methyl sites for hydroxylation is 2. The molecule has 0 aliphatic rings. The van der Waals surface area contributed by atoms with Gasteiger partial charge in [-0.25, -0.2) is 0 Å². The first-order chi connectivity index (χ1) is 13.0. The highest BCUT2D eigenvalue weighted by Crippen LogP contribution is 2.30. The van der Waals surface area contributed by atoms with E-state index < -0.39 is 0 Å². The second-order valence-electron chi connectivity index (χ2n) is 6.01. The number of nitrogens with one attached hydrogen (secondary N) is 1. The van der Waals surface area contributed by atoms with Gasteiger partial charge in [0.15, 0.2) is 11.5 Å². The van der Waals surface area contributed by atoms with E-state index in [4.69, 9.17) is 13.9 Å². The molecule has 1 aromatic carbocycles. The maximum atomic E-state index is 12.8. The SMILES string of the molecule is CCn1ccc2oc(C)c(C(=O)NCc3cccc(OC)c3OC)c2c1=O. The number of amides is 1. The molecule has 0 bridgehead atoms. The van der Waals surface area contributed by atoms with Crippen LogP contribution in [0.3, 0.4) is 0 Å². The molecule has 2 aromatic heterocycles. The Morgan fingerprint density at radius 2 is 2.00 bits per heavy atom. The van der Waals surface area contributed by atoms with E-state index in [-0.39, 0.29) is 23.6 Å². The van der Waals surface area contributed by atoms with Crippen LogP contribution in [-0.4, -0.2) is 24.7 Å². The zero-order chi connectivity index (χ0) is 19.6. The third-order valence-corrected chi connectivity index (χ3v) is 4.48. The molecule has 1 N–H and O–H groups in total. The van der Waals surface area contributed by atoms with E-state index in [1.807, 2.05) is 19.1 Å². The summed E-state index contributed by atoms with van der Waals surface area (Å²) < 4.78 is 17.8. The molecule has 0 aliphatic carbocycles. The second-order valence-corrected chi connectivity index (χ2v) is 6.01. The molecule has 2 heterocycles. The van der Waals surface area contributed by atoms with Gasteiger partial charge in [0, 0.05) is 24.8 Å². The Morgan fingerprint density at radius 1 is 1.22 bits per heavy atom. The van der Waals surface area contributed by atoms with Crippen molar-refractivity contribution in [2.45, 2.75) is 26.9 Å². The van der Waals surface area contributed by atoms with E-state index in [0.717, 1.165) is 5.56 Å². The minimum Gasteiger partial charge on any atom is -0.493 e. The lowest BCUT2D eigenvalue weighted by Gasteiger charge is -2.13. The Labute approximate surface area is 156 Å². The molecule has 1 amide bonds. The predicted molar refractivity (Wildman–Crippen MR) is 102 cm³/mol. The van der Waals surface area contributed by atoms with Gasteiger partial charge in [-0.1, -0.05) is 12.1 Å². The van der Waals surface area contributed by atoms with Crippen LogP contribution in [0.15, 0.2) is 39.7 Å². The summed E-state index contributed by atoms with van der Waals surface area (Å²) in [5.74, 6) is 1.18. The highest BCUT2D eigenvalue weighted by atomic mass is 16.5. The van der Waals surface area contributed by atoms with E-state index in [9.17, 15) is 9.59 Å². The van der Waals surface area contributed by atoms with Crippen molar-refractivity contribution in [2.24, 2.45) is 0 Å². The summed E-state index contributed by atoms with van der Waals surface area (Å²) in [6.45, 7) is 4.28. The standard InChI is InChI=1S/C20H22N2O5/c1-5-22-10-9-14-17(20(22)24)16(12(2)27-14)19(23)21-11-13-7-6-8-15(25-3)18(13)26-4/h6-10H,5,11H2,1-4H3,(H,21,23). The van der Waals surface area contributed by atoms with Crippen molar-refractivity contribution in [3.8, 4) is 11.5 Å². The summed E-state index contributed by atoms with van der Waals surface area (Å²) in [7, 11) is 3.10. The molecule has 7 nitrogen and oxygen atoms in total. The van der Waals surface area contributed by atoms with Crippen molar-refractivity contribution < 1.29 is 18.7 Å². The fourth-order valence-corrected chi connectivity index (χ4v) is 3.14. The lowest BCUT2D eigenvalue weighted by molar-refractivity contribution is 0.0950. The van der Waals surface area contributed by atoms with Crippen LogP contribution in [0.4, 0.5) is 0 Å². The number of furan rings is 1. The van der Waals surface area contributed by atoms with Crippen molar-refractivity contribution in [3.05, 3.63) is 57.7 Å². The van der Waals surface area contributed by atoms with Gasteiger partial charge in [-0.2, -0.15) is 0 Å². The second kappa shape index (κ2) is 7.57. The number of nitrogens with zero attached hydrogens (tertiary/aromatic N) is 1. The molecule has 3 rings (SSSR count). The molecule has 3 aromatic rings. The molecule has 0 atom stereocenters. The summed E-state index contributed by atoms with van der Waals surface area (Å²) in [4.78, 5) is 25.5. The van der Waals surface area contributed by atoms with Gasteiger partial charge in [0.05, 0.1) is 25.2 Å². The molecule has 0 radical (unpaired) electrons. The molecule has 0 saturated carbocycles. The number of aromatic nitrogens is 1. The quantitative estimate of drug-likeness (QED) is 0.721. The van der Waals surface area contributed by atoms with Crippen LogP contribution in [-0.2, 0) is 13.1 Å². The first kappa shape index (κ1) is 18.6. The maximum Gasteiger partial charge on any atom is 0.262 e. The highest BCUT2D eigenvalue weighted by Gasteiger charge is 2.22. The molecule has 0 spiro atoms. The van der Waals surface area contributed by atoms with Crippen molar-refractivity contribution >= 4 is 16.9 Å². The fraction of sp³-hybridized carbons (Fsp3) is 0.300. The lowest BCUT2D eigenvalue weighted by atomic mass is 10.1. The normalized spacial score (nSPS) is 10.8. The van der Waals surface area contributed by atoms with Gasteiger partial charge in [0.1, 0.15) is 11.3 Å². The van der Waals surface area contributed by atoms with Crippen molar-refractivity contribution in [3.63, 3.8) is 0 Å². The number of para-hydroxylation sites is 1. The van der Waals surface area contributed by atoms with Gasteiger partial charge >= 0.3 is 0 Å². The summed E-state index contributed by atoms with van der Waals surface area (Å²) in [5, 5.41) is 3.14. The molecule has 0 fully saturated rings. The number of pyridine rings is 1. The molecule has 7 heteroatoms. The number of carbonyl (C=O) groups excluding carboxylic acids is 1. The van der Waals surface area contributed by atoms with Crippen LogP contribution < -0.4 is 20.3 Å². The average Bonchev–Trinajstić information content (AvgIpc) is 3.02. The monoisotopic (exact) mass is 370 g/mol. The first-order valence-electron chi connectivity index (χ1n) is 8.62. The van der Waals surface area contributed by atoms with Crippen LogP contribution in [0.1, 0.15) is 28.6 Å². The van der Waals surface area contributed by atoms with E-state index in [0.29, 0.717) is 34.8 Å². The lowest BCUT2D eigenvalue weighted by Crippen LogP contribution is -2.26. The summed E-state index contributed by atoms with van der Waals surface area (Å²) >= 11 is 0. The number of hydrogen-bond donors (Lipinski definition) is 1. The minimum absolute atomic E-state index is 0.222. The molecule has 27 heavy (non-hydrogen) atoms. The summed E-state index contributed by atoms with van der Waals surface area (Å²) in [5.41, 5.74) is 1.20. The third kappa shape index (κ3) is 3.28. The van der Waals surface area contributed by atoms with E-state index in [2.05, 4.69) is 5.32 Å². The smallest absolute Gasteiger partial charge is 0.262 e.